The van der Waals surface area contributed by atoms with Crippen molar-refractivity contribution in [1.82, 2.24) is 4.98 Å². The third-order valence-electron chi connectivity index (χ3n) is 1.64. The summed E-state index contributed by atoms with van der Waals surface area (Å²) in [5.74, 6) is 0. The molecule has 0 bridgehead atoms. The van der Waals surface area contributed by atoms with Gasteiger partial charge >= 0.3 is 0 Å². The van der Waals surface area contributed by atoms with Crippen molar-refractivity contribution in [2.45, 2.75) is 25.5 Å². The normalized spacial score (nSPS) is 14.3. The fourth-order valence-corrected chi connectivity index (χ4v) is 1.59. The van der Waals surface area contributed by atoms with E-state index < -0.39 is 11.0 Å². The number of hydrogen-bond donors (Lipinski definition) is 0. The molecule has 0 radical (unpaired) electrons. The quantitative estimate of drug-likeness (QED) is 0.616. The highest BCUT2D eigenvalue weighted by Crippen LogP contribution is 2.19. The van der Waals surface area contributed by atoms with Crippen molar-refractivity contribution < 1.29 is 4.21 Å². The van der Waals surface area contributed by atoms with E-state index >= 15 is 0 Å². The molecule has 0 aliphatic rings. The van der Waals surface area contributed by atoms with Crippen molar-refractivity contribution in [1.29, 1.82) is 0 Å². The summed E-state index contributed by atoms with van der Waals surface area (Å²) in [6, 6.07) is 1.63. The largest absolute Gasteiger partial charge is 0.242 e. The van der Waals surface area contributed by atoms with Crippen molar-refractivity contribution in [3.8, 4) is 0 Å². The van der Waals surface area contributed by atoms with E-state index in [1.165, 1.54) is 12.4 Å². The van der Waals surface area contributed by atoms with Crippen LogP contribution in [0, 0.1) is 0 Å². The average Bonchev–Trinajstić information content (AvgIpc) is 2.18. The lowest BCUT2D eigenvalue weighted by molar-refractivity contribution is 0.651. The first-order chi connectivity index (χ1) is 7.30. The van der Waals surface area contributed by atoms with Gasteiger partial charge in [-0.2, -0.15) is 4.40 Å². The maximum Gasteiger partial charge on any atom is 0.147 e. The predicted octanol–water partition coefficient (Wildman–Crippen LogP) is 3.27. The van der Waals surface area contributed by atoms with Gasteiger partial charge in [-0.1, -0.05) is 23.2 Å². The fourth-order valence-electron chi connectivity index (χ4n) is 0.773. The summed E-state index contributed by atoms with van der Waals surface area (Å²) >= 11 is 11.5. The van der Waals surface area contributed by atoms with Gasteiger partial charge in [0.1, 0.15) is 16.1 Å². The Balaban J connectivity index is 2.85. The zero-order valence-electron chi connectivity index (χ0n) is 9.20. The average molecular weight is 279 g/mol. The first-order valence-corrected chi connectivity index (χ1v) is 6.44. The van der Waals surface area contributed by atoms with Crippen LogP contribution in [0.4, 0.5) is 0 Å². The predicted molar refractivity (Wildman–Crippen MR) is 69.7 cm³/mol. The van der Waals surface area contributed by atoms with Gasteiger partial charge in [0.2, 0.25) is 0 Å². The van der Waals surface area contributed by atoms with Gasteiger partial charge in [0.15, 0.2) is 0 Å². The Labute approximate surface area is 107 Å². The minimum Gasteiger partial charge on any atom is -0.242 e. The van der Waals surface area contributed by atoms with E-state index in [-0.39, 0.29) is 9.90 Å². The number of halogens is 2. The summed E-state index contributed by atoms with van der Waals surface area (Å²) in [6.45, 7) is 5.56. The van der Waals surface area contributed by atoms with Crippen molar-refractivity contribution in [3.63, 3.8) is 0 Å². The molecule has 1 atom stereocenters. The van der Waals surface area contributed by atoms with Gasteiger partial charge in [0.05, 0.1) is 9.77 Å². The molecule has 0 spiro atoms. The first-order valence-electron chi connectivity index (χ1n) is 4.58. The van der Waals surface area contributed by atoms with Gasteiger partial charge < -0.3 is 0 Å². The number of aromatic nitrogens is 1. The number of hydrogen-bond acceptors (Lipinski definition) is 2. The zero-order valence-corrected chi connectivity index (χ0v) is 11.5. The van der Waals surface area contributed by atoms with Crippen molar-refractivity contribution in [3.05, 3.63) is 28.0 Å². The van der Waals surface area contributed by atoms with E-state index in [0.29, 0.717) is 10.6 Å². The van der Waals surface area contributed by atoms with Gasteiger partial charge in [-0.25, -0.2) is 9.19 Å². The molecule has 1 rings (SSSR count). The lowest BCUT2D eigenvalue weighted by Gasteiger charge is -2.12. The van der Waals surface area contributed by atoms with Crippen molar-refractivity contribution in [2.24, 2.45) is 4.40 Å². The molecule has 3 nitrogen and oxygen atoms in total. The van der Waals surface area contributed by atoms with Crippen LogP contribution in [0.2, 0.25) is 10.2 Å². The molecular formula is C10H12Cl2N2OS. The molecular weight excluding hydrogens is 267 g/mol. The molecule has 16 heavy (non-hydrogen) atoms. The maximum absolute atomic E-state index is 11.6. The van der Waals surface area contributed by atoms with Crippen LogP contribution < -0.4 is 0 Å². The molecule has 88 valence electrons. The standard InChI is InChI=1S/C10H12Cl2N2OS/c1-10(2,3)16(15)14-6-7-4-8(11)9(12)13-5-7/h4-6H,1-3H3/t16-/m1/s1. The molecule has 0 aliphatic carbocycles. The third-order valence-corrected chi connectivity index (χ3v) is 3.67. The summed E-state index contributed by atoms with van der Waals surface area (Å²) in [7, 11) is -1.28. The van der Waals surface area contributed by atoms with Gasteiger partial charge in [-0.15, -0.1) is 0 Å². The van der Waals surface area contributed by atoms with Crippen LogP contribution in [0.1, 0.15) is 26.3 Å². The molecule has 1 aromatic heterocycles. The van der Waals surface area contributed by atoms with E-state index in [1.807, 2.05) is 20.8 Å². The molecule has 1 aromatic rings. The van der Waals surface area contributed by atoms with Gasteiger partial charge in [-0.3, -0.25) is 0 Å². The fraction of sp³-hybridized carbons (Fsp3) is 0.400. The molecule has 0 aliphatic heterocycles. The van der Waals surface area contributed by atoms with Crippen molar-refractivity contribution >= 4 is 40.4 Å². The molecule has 0 aromatic carbocycles. The summed E-state index contributed by atoms with van der Waals surface area (Å²) in [4.78, 5) is 3.86. The highest BCUT2D eigenvalue weighted by atomic mass is 35.5. The molecule has 0 unspecified atom stereocenters. The second kappa shape index (κ2) is 5.25. The van der Waals surface area contributed by atoms with Crippen LogP contribution in [0.5, 0.6) is 0 Å². The molecule has 0 fully saturated rings. The smallest absolute Gasteiger partial charge is 0.147 e. The van der Waals surface area contributed by atoms with Gasteiger partial charge in [0.25, 0.3) is 0 Å². The van der Waals surface area contributed by atoms with E-state index in [4.69, 9.17) is 23.2 Å². The first kappa shape index (κ1) is 13.6. The topological polar surface area (TPSA) is 42.3 Å². The van der Waals surface area contributed by atoms with E-state index in [2.05, 4.69) is 9.38 Å². The van der Waals surface area contributed by atoms with E-state index in [9.17, 15) is 4.21 Å². The Kier molecular flexibility index (Phi) is 4.47. The minimum absolute atomic E-state index is 0.246. The molecule has 0 saturated heterocycles. The lowest BCUT2D eigenvalue weighted by Crippen LogP contribution is -2.19. The van der Waals surface area contributed by atoms with Crippen LogP contribution in [-0.4, -0.2) is 20.2 Å². The Morgan fingerprint density at radius 1 is 1.44 bits per heavy atom. The third kappa shape index (κ3) is 3.85. The summed E-state index contributed by atoms with van der Waals surface area (Å²) in [5, 5.41) is 0.600. The van der Waals surface area contributed by atoms with Gasteiger partial charge in [0, 0.05) is 18.0 Å². The summed E-state index contributed by atoms with van der Waals surface area (Å²) in [6.07, 6.45) is 3.01. The molecule has 0 saturated carbocycles. The van der Waals surface area contributed by atoms with Crippen LogP contribution in [-0.2, 0) is 11.0 Å². The molecule has 0 amide bonds. The monoisotopic (exact) mass is 278 g/mol. The second-order valence-electron chi connectivity index (χ2n) is 4.14. The molecule has 6 heteroatoms. The Hall–Kier alpha value is -0.450. The minimum atomic E-state index is -1.28. The Bertz CT molecular complexity index is 441. The maximum atomic E-state index is 11.6. The van der Waals surface area contributed by atoms with Crippen LogP contribution in [0.25, 0.3) is 0 Å². The summed E-state index contributed by atoms with van der Waals surface area (Å²) < 4.78 is 15.2. The Morgan fingerprint density at radius 3 is 2.56 bits per heavy atom. The molecule has 1 heterocycles. The van der Waals surface area contributed by atoms with Crippen LogP contribution >= 0.6 is 23.2 Å². The number of pyridine rings is 1. The second-order valence-corrected chi connectivity index (χ2v) is 6.84. The van der Waals surface area contributed by atoms with Crippen LogP contribution in [0.3, 0.4) is 0 Å². The lowest BCUT2D eigenvalue weighted by atomic mass is 10.3. The summed E-state index contributed by atoms with van der Waals surface area (Å²) in [5.41, 5.74) is 0.673. The zero-order chi connectivity index (χ0) is 12.3. The number of rotatable bonds is 2. The molecule has 0 N–H and O–H groups in total. The Morgan fingerprint density at radius 2 is 2.06 bits per heavy atom. The SMILES string of the molecule is CC(C)(C)[S@@](=O)N=Cc1cnc(Cl)c(Cl)c1. The van der Waals surface area contributed by atoms with E-state index in [1.54, 1.807) is 6.07 Å². The van der Waals surface area contributed by atoms with Crippen LogP contribution in [0.15, 0.2) is 16.7 Å². The van der Waals surface area contributed by atoms with E-state index in [0.717, 1.165) is 0 Å². The van der Waals surface area contributed by atoms with Gasteiger partial charge in [-0.05, 0) is 26.8 Å². The highest BCUT2D eigenvalue weighted by molar-refractivity contribution is 7.85. The highest BCUT2D eigenvalue weighted by Gasteiger charge is 2.18. The number of nitrogens with zero attached hydrogens (tertiary/aromatic N) is 2. The van der Waals surface area contributed by atoms with Crippen molar-refractivity contribution in [2.75, 3.05) is 0 Å².